The van der Waals surface area contributed by atoms with Gasteiger partial charge in [0.2, 0.25) is 5.91 Å². The van der Waals surface area contributed by atoms with Crippen LogP contribution in [0.15, 0.2) is 0 Å². The van der Waals surface area contributed by atoms with Crippen molar-refractivity contribution >= 4 is 5.91 Å². The number of rotatable bonds is 30. The molecule has 4 heteroatoms. The molecule has 0 fully saturated rings. The Bertz CT molecular complexity index is 403. The predicted molar refractivity (Wildman–Crippen MR) is 151 cm³/mol. The molecule has 0 heterocycles. The molecule has 0 saturated carbocycles. The number of hydroxylamine groups is 1. The van der Waals surface area contributed by atoms with E-state index in [1.807, 2.05) is 0 Å². The summed E-state index contributed by atoms with van der Waals surface area (Å²) in [6.07, 6.45) is 38.3. The first-order chi connectivity index (χ1) is 17.3. The highest BCUT2D eigenvalue weighted by Crippen LogP contribution is 2.16. The average Bonchev–Trinajstić information content (AvgIpc) is 2.87. The highest BCUT2D eigenvalue weighted by atomic mass is 16.5. The lowest BCUT2D eigenvalue weighted by molar-refractivity contribution is -0.129. The first kappa shape index (κ1) is 34.4. The van der Waals surface area contributed by atoms with E-state index in [1.165, 1.54) is 161 Å². The Balaban J connectivity index is 3.02. The van der Waals surface area contributed by atoms with E-state index in [9.17, 15) is 4.79 Å². The molecular formula is C31H63NO3. The minimum atomic E-state index is -0.259. The Morgan fingerprint density at radius 3 is 0.771 bits per heavy atom. The van der Waals surface area contributed by atoms with Crippen molar-refractivity contribution in [2.45, 2.75) is 186 Å². The van der Waals surface area contributed by atoms with Crippen LogP contribution in [0.1, 0.15) is 186 Å². The van der Waals surface area contributed by atoms with Crippen LogP contribution in [0.4, 0.5) is 0 Å². The van der Waals surface area contributed by atoms with Gasteiger partial charge in [-0.15, -0.1) is 0 Å². The quantitative estimate of drug-likeness (QED) is 0.0525. The molecule has 0 bridgehead atoms. The molecule has 1 amide bonds. The molecule has 210 valence electrons. The van der Waals surface area contributed by atoms with Crippen molar-refractivity contribution in [2.24, 2.45) is 0 Å². The fourth-order valence-electron chi connectivity index (χ4n) is 5.05. The van der Waals surface area contributed by atoms with Crippen LogP contribution in [0, 0.1) is 0 Å². The molecule has 35 heavy (non-hydrogen) atoms. The number of aliphatic hydroxyl groups excluding tert-OH is 1. The van der Waals surface area contributed by atoms with Crippen LogP contribution in [0.2, 0.25) is 0 Å². The second-order valence-electron chi connectivity index (χ2n) is 10.9. The van der Waals surface area contributed by atoms with Gasteiger partial charge in [-0.05, 0) is 12.8 Å². The maximum absolute atomic E-state index is 10.9. The lowest BCUT2D eigenvalue weighted by Crippen LogP contribution is -2.17. The number of carbonyl (C=O) groups excluding carboxylic acids is 1. The van der Waals surface area contributed by atoms with E-state index in [-0.39, 0.29) is 5.91 Å². The third-order valence-corrected chi connectivity index (χ3v) is 7.44. The molecule has 0 aromatic rings. The zero-order valence-electron chi connectivity index (χ0n) is 23.5. The number of hydrogen-bond acceptors (Lipinski definition) is 3. The van der Waals surface area contributed by atoms with Gasteiger partial charge in [0.15, 0.2) is 0 Å². The largest absolute Gasteiger partial charge is 0.396 e. The summed E-state index contributed by atoms with van der Waals surface area (Å²) in [4.78, 5) is 10.9. The second kappa shape index (κ2) is 31.4. The number of hydrogen-bond donors (Lipinski definition) is 3. The highest BCUT2D eigenvalue weighted by Gasteiger charge is 1.99. The average molecular weight is 498 g/mol. The maximum atomic E-state index is 10.9. The summed E-state index contributed by atoms with van der Waals surface area (Å²) in [5, 5.41) is 17.2. The maximum Gasteiger partial charge on any atom is 0.243 e. The van der Waals surface area contributed by atoms with Gasteiger partial charge in [0.1, 0.15) is 0 Å². The second-order valence-corrected chi connectivity index (χ2v) is 10.9. The zero-order valence-corrected chi connectivity index (χ0v) is 23.5. The van der Waals surface area contributed by atoms with Crippen molar-refractivity contribution in [2.75, 3.05) is 6.61 Å². The van der Waals surface area contributed by atoms with E-state index >= 15 is 0 Å². The summed E-state index contributed by atoms with van der Waals surface area (Å²) in [7, 11) is 0. The fraction of sp³-hybridized carbons (Fsp3) is 0.968. The van der Waals surface area contributed by atoms with Gasteiger partial charge in [-0.3, -0.25) is 10.0 Å². The predicted octanol–water partition coefficient (Wildman–Crippen LogP) is 9.80. The van der Waals surface area contributed by atoms with Crippen LogP contribution in [0.3, 0.4) is 0 Å². The van der Waals surface area contributed by atoms with Crippen LogP contribution in [-0.2, 0) is 4.79 Å². The molecule has 0 aliphatic rings. The first-order valence-electron chi connectivity index (χ1n) is 15.8. The van der Waals surface area contributed by atoms with Gasteiger partial charge in [0, 0.05) is 13.0 Å². The van der Waals surface area contributed by atoms with Gasteiger partial charge in [-0.25, -0.2) is 5.48 Å². The van der Waals surface area contributed by atoms with E-state index in [1.54, 1.807) is 5.48 Å². The molecule has 3 N–H and O–H groups in total. The Labute approximate surface area is 219 Å². The fourth-order valence-corrected chi connectivity index (χ4v) is 5.05. The minimum absolute atomic E-state index is 0.259. The van der Waals surface area contributed by atoms with E-state index in [0.29, 0.717) is 13.0 Å². The monoisotopic (exact) mass is 497 g/mol. The topological polar surface area (TPSA) is 69.6 Å². The lowest BCUT2D eigenvalue weighted by atomic mass is 10.0. The molecule has 0 aliphatic carbocycles. The minimum Gasteiger partial charge on any atom is -0.396 e. The van der Waals surface area contributed by atoms with E-state index in [0.717, 1.165) is 19.3 Å². The Morgan fingerprint density at radius 1 is 0.371 bits per heavy atom. The summed E-state index contributed by atoms with van der Waals surface area (Å²) in [5.41, 5.74) is 1.69. The molecule has 0 saturated heterocycles. The van der Waals surface area contributed by atoms with Gasteiger partial charge in [-0.2, -0.15) is 0 Å². The van der Waals surface area contributed by atoms with E-state index < -0.39 is 0 Å². The van der Waals surface area contributed by atoms with Gasteiger partial charge >= 0.3 is 0 Å². The van der Waals surface area contributed by atoms with Crippen molar-refractivity contribution in [1.82, 2.24) is 5.48 Å². The molecule has 4 nitrogen and oxygen atoms in total. The van der Waals surface area contributed by atoms with Crippen LogP contribution >= 0.6 is 0 Å². The van der Waals surface area contributed by atoms with Crippen molar-refractivity contribution in [3.63, 3.8) is 0 Å². The van der Waals surface area contributed by atoms with Crippen LogP contribution in [0.25, 0.3) is 0 Å². The SMILES string of the molecule is O=C(CCCCCCCCCCCCCCCCCCCCCCCCCCCCCCO)NO. The van der Waals surface area contributed by atoms with E-state index in [4.69, 9.17) is 10.3 Å². The Kier molecular flexibility index (Phi) is 30.9. The first-order valence-corrected chi connectivity index (χ1v) is 15.8. The summed E-state index contributed by atoms with van der Waals surface area (Å²) in [5.74, 6) is -0.259. The molecular weight excluding hydrogens is 434 g/mol. The summed E-state index contributed by atoms with van der Waals surface area (Å²) >= 11 is 0. The van der Waals surface area contributed by atoms with Crippen molar-refractivity contribution in [3.05, 3.63) is 0 Å². The van der Waals surface area contributed by atoms with E-state index in [2.05, 4.69) is 0 Å². The van der Waals surface area contributed by atoms with Gasteiger partial charge < -0.3 is 5.11 Å². The lowest BCUT2D eigenvalue weighted by Gasteiger charge is -2.04. The van der Waals surface area contributed by atoms with Crippen LogP contribution < -0.4 is 5.48 Å². The number of unbranched alkanes of at least 4 members (excludes halogenated alkanes) is 27. The van der Waals surface area contributed by atoms with Crippen molar-refractivity contribution in [1.29, 1.82) is 0 Å². The summed E-state index contributed by atoms with van der Waals surface area (Å²) < 4.78 is 0. The van der Waals surface area contributed by atoms with Crippen molar-refractivity contribution in [3.8, 4) is 0 Å². The molecule has 0 aromatic carbocycles. The van der Waals surface area contributed by atoms with Crippen LogP contribution in [-0.4, -0.2) is 22.8 Å². The molecule has 0 unspecified atom stereocenters. The Morgan fingerprint density at radius 2 is 0.571 bits per heavy atom. The third kappa shape index (κ3) is 31.4. The third-order valence-electron chi connectivity index (χ3n) is 7.44. The van der Waals surface area contributed by atoms with Gasteiger partial charge in [0.25, 0.3) is 0 Å². The molecule has 0 aromatic heterocycles. The molecule has 0 rings (SSSR count). The highest BCUT2D eigenvalue weighted by molar-refractivity contribution is 5.74. The summed E-state index contributed by atoms with van der Waals surface area (Å²) in [6.45, 7) is 0.364. The molecule has 0 atom stereocenters. The van der Waals surface area contributed by atoms with Crippen molar-refractivity contribution < 1.29 is 15.1 Å². The Hall–Kier alpha value is -0.610. The molecule has 0 spiro atoms. The number of nitrogens with one attached hydrogen (secondary N) is 1. The molecule has 0 aliphatic heterocycles. The van der Waals surface area contributed by atoms with Crippen LogP contribution in [0.5, 0.6) is 0 Å². The summed E-state index contributed by atoms with van der Waals surface area (Å²) in [6, 6.07) is 0. The number of aliphatic hydroxyl groups is 1. The number of amides is 1. The normalized spacial score (nSPS) is 11.3. The van der Waals surface area contributed by atoms with Gasteiger partial charge in [0.05, 0.1) is 0 Å². The number of carbonyl (C=O) groups is 1. The smallest absolute Gasteiger partial charge is 0.243 e. The zero-order chi connectivity index (χ0) is 25.5. The van der Waals surface area contributed by atoms with Gasteiger partial charge in [-0.1, -0.05) is 167 Å². The molecule has 0 radical (unpaired) electrons. The standard InChI is InChI=1S/C31H63NO3/c33-30-28-26-24-22-20-18-16-14-12-10-8-6-4-2-1-3-5-7-9-11-13-15-17-19-21-23-25-27-29-31(34)32-35/h33,35H,1-30H2,(H,32,34).